The first-order valence-corrected chi connectivity index (χ1v) is 9.66. The van der Waals surface area contributed by atoms with E-state index in [1.165, 1.54) is 27.1 Å². The Labute approximate surface area is 165 Å². The molecule has 0 heterocycles. The van der Waals surface area contributed by atoms with Gasteiger partial charge in [-0.15, -0.1) is 10.2 Å². The Morgan fingerprint density at radius 3 is 1.61 bits per heavy atom. The van der Waals surface area contributed by atoms with Crippen molar-refractivity contribution in [2.45, 2.75) is 6.92 Å². The fourth-order valence-electron chi connectivity index (χ4n) is 2.92. The van der Waals surface area contributed by atoms with Gasteiger partial charge in [-0.1, -0.05) is 78.1 Å². The number of fused-ring (bicyclic) bond motifs is 2. The van der Waals surface area contributed by atoms with Crippen molar-refractivity contribution >= 4 is 21.5 Å². The van der Waals surface area contributed by atoms with Crippen molar-refractivity contribution in [2.75, 3.05) is 0 Å². The fourth-order valence-corrected chi connectivity index (χ4v) is 2.92. The summed E-state index contributed by atoms with van der Waals surface area (Å²) in [5.41, 5.74) is 3.41. The van der Waals surface area contributed by atoms with Crippen molar-refractivity contribution in [1.29, 1.82) is 0 Å². The highest BCUT2D eigenvalue weighted by atomic mass is 35.7. The van der Waals surface area contributed by atoms with Crippen LogP contribution in [0.15, 0.2) is 78.9 Å². The zero-order valence-electron chi connectivity index (χ0n) is 15.0. The van der Waals surface area contributed by atoms with Crippen LogP contribution in [-0.2, 0) is 0 Å². The molecular formula is C23H16ClO4-. The number of rotatable bonds is 0. The molecule has 0 aromatic heterocycles. The van der Waals surface area contributed by atoms with Gasteiger partial charge in [-0.3, -0.25) is 0 Å². The molecule has 0 amide bonds. The van der Waals surface area contributed by atoms with Gasteiger partial charge in [-0.2, -0.15) is 0 Å². The minimum atomic E-state index is -4.94. The van der Waals surface area contributed by atoms with E-state index in [2.05, 4.69) is 97.6 Å². The largest absolute Gasteiger partial charge is 0.222 e. The Kier molecular flexibility index (Phi) is 5.96. The molecule has 4 nitrogen and oxygen atoms in total. The Hall–Kier alpha value is -2.91. The van der Waals surface area contributed by atoms with E-state index in [0.29, 0.717) is 0 Å². The van der Waals surface area contributed by atoms with E-state index in [9.17, 15) is 0 Å². The van der Waals surface area contributed by atoms with Gasteiger partial charge >= 0.3 is 0 Å². The summed E-state index contributed by atoms with van der Waals surface area (Å²) < 4.78 is 34.0. The topological polar surface area (TPSA) is 92.2 Å². The van der Waals surface area contributed by atoms with Crippen LogP contribution in [-0.4, -0.2) is 0 Å². The standard InChI is InChI=1S/C23H16.ClHO4/c1-17-10-12-18(13-11-17)14-15-23-21-8-4-2-6-19(21)16-20-7-3-5-9-22(20)23;2-1(3,4)5/h2-13,16H,1H3;(H,2,3,4,5)/p-1. The third-order valence-corrected chi connectivity index (χ3v) is 4.15. The van der Waals surface area contributed by atoms with Gasteiger partial charge in [0.2, 0.25) is 0 Å². The van der Waals surface area contributed by atoms with Crippen LogP contribution >= 0.6 is 0 Å². The van der Waals surface area contributed by atoms with Crippen molar-refractivity contribution < 1.29 is 28.9 Å². The molecule has 4 aromatic rings. The van der Waals surface area contributed by atoms with Crippen molar-refractivity contribution in [3.05, 3.63) is 95.6 Å². The lowest BCUT2D eigenvalue weighted by Crippen LogP contribution is -2.68. The van der Waals surface area contributed by atoms with Crippen LogP contribution in [0.5, 0.6) is 0 Å². The van der Waals surface area contributed by atoms with Gasteiger partial charge in [0.05, 0.1) is 0 Å². The zero-order valence-corrected chi connectivity index (χ0v) is 15.8. The summed E-state index contributed by atoms with van der Waals surface area (Å²) in [6.45, 7) is 2.09. The molecule has 0 aliphatic heterocycles. The quantitative estimate of drug-likeness (QED) is 0.329. The van der Waals surface area contributed by atoms with Gasteiger partial charge in [-0.25, -0.2) is 18.6 Å². The summed E-state index contributed by atoms with van der Waals surface area (Å²) in [6.07, 6.45) is 0. The van der Waals surface area contributed by atoms with Gasteiger partial charge in [0.25, 0.3) is 0 Å². The molecule has 0 fully saturated rings. The Morgan fingerprint density at radius 2 is 1.11 bits per heavy atom. The van der Waals surface area contributed by atoms with E-state index in [-0.39, 0.29) is 0 Å². The molecule has 28 heavy (non-hydrogen) atoms. The summed E-state index contributed by atoms with van der Waals surface area (Å²) in [5, 5.41) is 4.90. The van der Waals surface area contributed by atoms with E-state index in [1.54, 1.807) is 0 Å². The maximum absolute atomic E-state index is 8.49. The van der Waals surface area contributed by atoms with Gasteiger partial charge in [0.1, 0.15) is 0 Å². The van der Waals surface area contributed by atoms with E-state index < -0.39 is 10.2 Å². The third-order valence-electron chi connectivity index (χ3n) is 4.15. The molecule has 0 aliphatic rings. The first-order chi connectivity index (χ1) is 13.3. The number of halogens is 1. The molecule has 0 saturated heterocycles. The predicted molar refractivity (Wildman–Crippen MR) is 98.6 cm³/mol. The maximum Gasteiger partial charge on any atom is 0.0405 e. The first-order valence-electron chi connectivity index (χ1n) is 8.42. The second-order valence-electron chi connectivity index (χ2n) is 6.19. The molecule has 0 unspecified atom stereocenters. The molecule has 0 bridgehead atoms. The molecule has 0 saturated carbocycles. The van der Waals surface area contributed by atoms with Crippen molar-refractivity contribution in [3.8, 4) is 11.8 Å². The second kappa shape index (κ2) is 8.41. The number of aryl methyl sites for hydroxylation is 1. The van der Waals surface area contributed by atoms with Crippen LogP contribution in [0, 0.1) is 29.0 Å². The highest BCUT2D eigenvalue weighted by Gasteiger charge is 2.04. The van der Waals surface area contributed by atoms with E-state index in [1.807, 2.05) is 0 Å². The minimum absolute atomic E-state index is 1.05. The van der Waals surface area contributed by atoms with E-state index >= 15 is 0 Å². The molecule has 140 valence electrons. The van der Waals surface area contributed by atoms with Gasteiger partial charge in [0, 0.05) is 11.1 Å². The highest BCUT2D eigenvalue weighted by molar-refractivity contribution is 6.04. The molecule has 0 radical (unpaired) electrons. The molecule has 4 rings (SSSR count). The van der Waals surface area contributed by atoms with Crippen molar-refractivity contribution in [1.82, 2.24) is 0 Å². The lowest BCUT2D eigenvalue weighted by atomic mass is 9.97. The Bertz CT molecular complexity index is 1110. The summed E-state index contributed by atoms with van der Waals surface area (Å²) in [4.78, 5) is 0. The van der Waals surface area contributed by atoms with Crippen LogP contribution in [0.25, 0.3) is 21.5 Å². The number of benzene rings is 4. The summed E-state index contributed by atoms with van der Waals surface area (Å²) in [7, 11) is -4.94. The second-order valence-corrected chi connectivity index (χ2v) is 6.94. The molecule has 0 N–H and O–H groups in total. The average molecular weight is 392 g/mol. The lowest BCUT2D eigenvalue weighted by Gasteiger charge is -2.17. The molecule has 5 heteroatoms. The van der Waals surface area contributed by atoms with Crippen molar-refractivity contribution in [3.63, 3.8) is 0 Å². The van der Waals surface area contributed by atoms with E-state index in [4.69, 9.17) is 18.6 Å². The third kappa shape index (κ3) is 5.30. The lowest BCUT2D eigenvalue weighted by molar-refractivity contribution is -2.00. The van der Waals surface area contributed by atoms with Gasteiger partial charge in [-0.05, 0) is 46.7 Å². The maximum atomic E-state index is 8.49. The fraction of sp³-hybridized carbons (Fsp3) is 0.0435. The molecular weight excluding hydrogens is 376 g/mol. The van der Waals surface area contributed by atoms with Crippen LogP contribution in [0.4, 0.5) is 0 Å². The summed E-state index contributed by atoms with van der Waals surface area (Å²) >= 11 is 0. The highest BCUT2D eigenvalue weighted by Crippen LogP contribution is 2.27. The van der Waals surface area contributed by atoms with Crippen LogP contribution in [0.3, 0.4) is 0 Å². The smallest absolute Gasteiger partial charge is 0.0405 e. The molecule has 0 aliphatic carbocycles. The summed E-state index contributed by atoms with van der Waals surface area (Å²) in [6, 6.07) is 27.5. The normalized spacial score (nSPS) is 10.8. The van der Waals surface area contributed by atoms with Crippen LogP contribution in [0.2, 0.25) is 0 Å². The summed E-state index contributed by atoms with van der Waals surface area (Å²) in [5.74, 6) is 6.74. The monoisotopic (exact) mass is 391 g/mol. The van der Waals surface area contributed by atoms with Gasteiger partial charge in [0.15, 0.2) is 0 Å². The van der Waals surface area contributed by atoms with E-state index in [0.717, 1.165) is 11.1 Å². The van der Waals surface area contributed by atoms with Crippen LogP contribution < -0.4 is 18.6 Å². The van der Waals surface area contributed by atoms with Crippen LogP contribution in [0.1, 0.15) is 16.7 Å². The number of hydrogen-bond acceptors (Lipinski definition) is 4. The first kappa shape index (κ1) is 19.8. The van der Waals surface area contributed by atoms with Gasteiger partial charge < -0.3 is 0 Å². The number of hydrogen-bond donors (Lipinski definition) is 0. The average Bonchev–Trinajstić information content (AvgIpc) is 2.65. The Balaban J connectivity index is 0.000000403. The molecule has 0 atom stereocenters. The Morgan fingerprint density at radius 1 is 0.643 bits per heavy atom. The molecule has 4 aromatic carbocycles. The minimum Gasteiger partial charge on any atom is -0.222 e. The zero-order chi connectivity index (χ0) is 20.1. The van der Waals surface area contributed by atoms with Crippen molar-refractivity contribution in [2.24, 2.45) is 0 Å². The molecule has 0 spiro atoms. The SMILES string of the molecule is Cc1ccc(C#Cc2c3ccccc3cc3ccccc23)cc1.[O-][Cl+3]([O-])([O-])[O-]. The predicted octanol–water partition coefficient (Wildman–Crippen LogP) is 0.945.